The number of halogens is 4. The molecular weight excluding hydrogens is 434 g/mol. The molecule has 1 aliphatic heterocycles. The quantitative estimate of drug-likeness (QED) is 0.504. The first-order valence-electron chi connectivity index (χ1n) is 9.71. The van der Waals surface area contributed by atoms with Crippen molar-refractivity contribution in [2.45, 2.75) is 26.7 Å². The topological polar surface area (TPSA) is 80.2 Å². The lowest BCUT2D eigenvalue weighted by Gasteiger charge is -2.24. The molecule has 0 radical (unpaired) electrons. The molecule has 32 heavy (non-hydrogen) atoms. The number of carbonyl (C=O) groups is 2. The summed E-state index contributed by atoms with van der Waals surface area (Å²) in [6.07, 6.45) is -0.516. The SMILES string of the molecule is CCOc1ccc(OCC)c(NC(=O)C2=NN(c3c(F)c(F)cc(F)c3F)C(=O)CC2)c1. The van der Waals surface area contributed by atoms with Crippen LogP contribution in [0.4, 0.5) is 28.9 Å². The van der Waals surface area contributed by atoms with Gasteiger partial charge in [-0.3, -0.25) is 9.59 Å². The molecule has 0 aliphatic carbocycles. The Kier molecular flexibility index (Phi) is 6.96. The number of anilines is 2. The van der Waals surface area contributed by atoms with E-state index in [1.54, 1.807) is 26.0 Å². The van der Waals surface area contributed by atoms with E-state index in [1.165, 1.54) is 6.07 Å². The van der Waals surface area contributed by atoms with Crippen molar-refractivity contribution in [2.75, 3.05) is 23.5 Å². The lowest BCUT2D eigenvalue weighted by molar-refractivity contribution is -0.118. The summed E-state index contributed by atoms with van der Waals surface area (Å²) in [4.78, 5) is 24.9. The minimum absolute atomic E-state index is 0.0144. The van der Waals surface area contributed by atoms with E-state index < -0.39 is 40.8 Å². The van der Waals surface area contributed by atoms with E-state index in [0.29, 0.717) is 24.7 Å². The van der Waals surface area contributed by atoms with Gasteiger partial charge >= 0.3 is 0 Å². The van der Waals surface area contributed by atoms with Crippen LogP contribution in [0.2, 0.25) is 0 Å². The zero-order valence-corrected chi connectivity index (χ0v) is 17.2. The van der Waals surface area contributed by atoms with Crippen LogP contribution in [0, 0.1) is 23.3 Å². The average molecular weight is 453 g/mol. The Hall–Kier alpha value is -3.63. The average Bonchev–Trinajstić information content (AvgIpc) is 2.76. The number of hydrogen-bond acceptors (Lipinski definition) is 5. The molecule has 0 spiro atoms. The van der Waals surface area contributed by atoms with Gasteiger partial charge in [-0.05, 0) is 26.0 Å². The van der Waals surface area contributed by atoms with Gasteiger partial charge < -0.3 is 14.8 Å². The number of nitrogens with one attached hydrogen (secondary N) is 1. The maximum atomic E-state index is 14.2. The van der Waals surface area contributed by atoms with Gasteiger partial charge in [-0.1, -0.05) is 0 Å². The molecule has 170 valence electrons. The van der Waals surface area contributed by atoms with Crippen molar-refractivity contribution in [3.8, 4) is 11.5 Å². The van der Waals surface area contributed by atoms with Gasteiger partial charge in [0, 0.05) is 25.0 Å². The van der Waals surface area contributed by atoms with E-state index in [1.807, 2.05) is 0 Å². The fourth-order valence-corrected chi connectivity index (χ4v) is 2.98. The van der Waals surface area contributed by atoms with E-state index in [2.05, 4.69) is 10.4 Å². The van der Waals surface area contributed by atoms with Crippen molar-refractivity contribution in [2.24, 2.45) is 5.10 Å². The fraction of sp³-hybridized carbons (Fsp3) is 0.286. The summed E-state index contributed by atoms with van der Waals surface area (Å²) in [7, 11) is 0. The van der Waals surface area contributed by atoms with E-state index in [4.69, 9.17) is 9.47 Å². The zero-order chi connectivity index (χ0) is 23.4. The number of carbonyl (C=O) groups excluding carboxylic acids is 2. The number of amides is 2. The highest BCUT2D eigenvalue weighted by atomic mass is 19.2. The highest BCUT2D eigenvalue weighted by Gasteiger charge is 2.32. The largest absolute Gasteiger partial charge is 0.494 e. The van der Waals surface area contributed by atoms with Crippen LogP contribution >= 0.6 is 0 Å². The van der Waals surface area contributed by atoms with Crippen LogP contribution in [-0.2, 0) is 9.59 Å². The molecule has 2 aromatic rings. The van der Waals surface area contributed by atoms with Gasteiger partial charge in [0.15, 0.2) is 23.3 Å². The number of rotatable bonds is 7. The third kappa shape index (κ3) is 4.66. The van der Waals surface area contributed by atoms with E-state index in [9.17, 15) is 27.2 Å². The van der Waals surface area contributed by atoms with E-state index in [-0.39, 0.29) is 35.3 Å². The Bertz CT molecular complexity index is 1060. The molecule has 1 N–H and O–H groups in total. The van der Waals surface area contributed by atoms with Crippen molar-refractivity contribution >= 4 is 28.9 Å². The summed E-state index contributed by atoms with van der Waals surface area (Å²) < 4.78 is 66.4. The molecule has 2 amide bonds. The molecule has 0 aromatic heterocycles. The molecular formula is C21H19F4N3O4. The van der Waals surface area contributed by atoms with Crippen LogP contribution in [-0.4, -0.2) is 30.7 Å². The van der Waals surface area contributed by atoms with Crippen LogP contribution in [0.3, 0.4) is 0 Å². The first kappa shape index (κ1) is 23.0. The summed E-state index contributed by atoms with van der Waals surface area (Å²) in [6.45, 7) is 4.22. The lowest BCUT2D eigenvalue weighted by atomic mass is 10.1. The van der Waals surface area contributed by atoms with Gasteiger partial charge in [0.2, 0.25) is 5.91 Å². The summed E-state index contributed by atoms with van der Waals surface area (Å²) in [5, 5.41) is 6.39. The zero-order valence-electron chi connectivity index (χ0n) is 17.2. The minimum atomic E-state index is -1.80. The van der Waals surface area contributed by atoms with Crippen LogP contribution in [0.15, 0.2) is 29.4 Å². The molecule has 11 heteroatoms. The Labute approximate surface area is 180 Å². The third-order valence-corrected chi connectivity index (χ3v) is 4.41. The monoisotopic (exact) mass is 453 g/mol. The predicted molar refractivity (Wildman–Crippen MR) is 108 cm³/mol. The van der Waals surface area contributed by atoms with Gasteiger partial charge in [0.25, 0.3) is 5.91 Å². The molecule has 0 bridgehead atoms. The second-order valence-corrected chi connectivity index (χ2v) is 6.55. The molecule has 0 unspecified atom stereocenters. The Balaban J connectivity index is 1.95. The molecule has 0 fully saturated rings. The summed E-state index contributed by atoms with van der Waals surface area (Å²) in [6, 6.07) is 4.76. The van der Waals surface area contributed by atoms with Crippen LogP contribution in [0.1, 0.15) is 26.7 Å². The molecule has 1 aliphatic rings. The van der Waals surface area contributed by atoms with Crippen molar-refractivity contribution in [3.63, 3.8) is 0 Å². The van der Waals surface area contributed by atoms with Gasteiger partial charge in [0.05, 0.1) is 18.9 Å². The molecule has 0 atom stereocenters. The Morgan fingerprint density at radius 1 is 1.03 bits per heavy atom. The molecule has 7 nitrogen and oxygen atoms in total. The normalized spacial score (nSPS) is 13.6. The van der Waals surface area contributed by atoms with Crippen molar-refractivity contribution in [1.29, 1.82) is 0 Å². The van der Waals surface area contributed by atoms with Crippen molar-refractivity contribution < 1.29 is 36.6 Å². The van der Waals surface area contributed by atoms with Crippen LogP contribution in [0.5, 0.6) is 11.5 Å². The maximum Gasteiger partial charge on any atom is 0.271 e. The van der Waals surface area contributed by atoms with Gasteiger partial charge in [-0.15, -0.1) is 0 Å². The second-order valence-electron chi connectivity index (χ2n) is 6.55. The number of hydrogen-bond donors (Lipinski definition) is 1. The maximum absolute atomic E-state index is 14.2. The van der Waals surface area contributed by atoms with Crippen molar-refractivity contribution in [3.05, 3.63) is 47.5 Å². The summed E-state index contributed by atoms with van der Waals surface area (Å²) in [5.41, 5.74) is -1.37. The van der Waals surface area contributed by atoms with E-state index in [0.717, 1.165) is 0 Å². The first-order chi connectivity index (χ1) is 15.3. The Morgan fingerprint density at radius 2 is 1.69 bits per heavy atom. The lowest BCUT2D eigenvalue weighted by Crippen LogP contribution is -2.37. The highest BCUT2D eigenvalue weighted by Crippen LogP contribution is 2.32. The molecule has 0 saturated heterocycles. The van der Waals surface area contributed by atoms with Gasteiger partial charge in [-0.2, -0.15) is 10.1 Å². The van der Waals surface area contributed by atoms with Gasteiger partial charge in [-0.25, -0.2) is 17.6 Å². The standard InChI is InChI=1S/C21H19F4N3O4/c1-3-31-11-5-7-16(32-4-2)15(9-11)26-21(30)14-6-8-17(29)28(27-14)20-18(24)12(22)10-13(23)19(20)25/h5,7,9-10H,3-4,6,8H2,1-2H3,(H,26,30). The molecule has 2 aromatic carbocycles. The number of hydrazone groups is 1. The summed E-state index contributed by atoms with van der Waals surface area (Å²) in [5.74, 6) is -7.95. The Morgan fingerprint density at radius 3 is 2.31 bits per heavy atom. The molecule has 1 heterocycles. The van der Waals surface area contributed by atoms with Crippen molar-refractivity contribution in [1.82, 2.24) is 0 Å². The van der Waals surface area contributed by atoms with Crippen LogP contribution in [0.25, 0.3) is 0 Å². The number of nitrogens with zero attached hydrogens (tertiary/aromatic N) is 2. The van der Waals surface area contributed by atoms with E-state index >= 15 is 0 Å². The predicted octanol–water partition coefficient (Wildman–Crippen LogP) is 4.16. The minimum Gasteiger partial charge on any atom is -0.494 e. The van der Waals surface area contributed by atoms with Gasteiger partial charge in [0.1, 0.15) is 22.9 Å². The fourth-order valence-electron chi connectivity index (χ4n) is 2.98. The third-order valence-electron chi connectivity index (χ3n) is 4.41. The number of benzene rings is 2. The smallest absolute Gasteiger partial charge is 0.271 e. The molecule has 0 saturated carbocycles. The second kappa shape index (κ2) is 9.67. The first-order valence-corrected chi connectivity index (χ1v) is 9.71. The van der Waals surface area contributed by atoms with Crippen LogP contribution < -0.4 is 19.8 Å². The number of ether oxygens (including phenoxy) is 2. The highest BCUT2D eigenvalue weighted by molar-refractivity contribution is 6.44. The molecule has 3 rings (SSSR count). The summed E-state index contributed by atoms with van der Waals surface area (Å²) >= 11 is 0.